The third-order valence-corrected chi connectivity index (χ3v) is 8.01. The van der Waals surface area contributed by atoms with Crippen LogP contribution in [0.1, 0.15) is 59.8 Å². The number of H-pyrrole nitrogens is 1. The molecular formula is C32H32N2O3. The minimum Gasteiger partial charge on any atom is -0.456 e. The van der Waals surface area contributed by atoms with Crippen LogP contribution in [0.15, 0.2) is 78.9 Å². The third kappa shape index (κ3) is 4.84. The van der Waals surface area contributed by atoms with E-state index in [4.69, 9.17) is 4.74 Å². The molecule has 0 amide bonds. The Labute approximate surface area is 217 Å². The van der Waals surface area contributed by atoms with Gasteiger partial charge in [0, 0.05) is 28.6 Å². The van der Waals surface area contributed by atoms with Gasteiger partial charge in [-0.2, -0.15) is 0 Å². The molecule has 2 unspecified atom stereocenters. The Balaban J connectivity index is 1.16. The third-order valence-electron chi connectivity index (χ3n) is 8.01. The van der Waals surface area contributed by atoms with Crippen LogP contribution >= 0.6 is 0 Å². The van der Waals surface area contributed by atoms with Crippen molar-refractivity contribution in [3.8, 4) is 11.1 Å². The lowest BCUT2D eigenvalue weighted by atomic mass is 9.79. The molecular weight excluding hydrogens is 460 g/mol. The number of ketones is 1. The average Bonchev–Trinajstić information content (AvgIpc) is 3.35. The summed E-state index contributed by atoms with van der Waals surface area (Å²) in [7, 11) is 0. The molecule has 3 aromatic carbocycles. The molecule has 5 nitrogen and oxygen atoms in total. The average molecular weight is 493 g/mol. The van der Waals surface area contributed by atoms with Gasteiger partial charge in [0.25, 0.3) is 0 Å². The molecule has 188 valence electrons. The first kappa shape index (κ1) is 23.7. The Morgan fingerprint density at radius 2 is 1.51 bits per heavy atom. The number of Topliss-reactive ketones (excluding diaryl/α,β-unsaturated/α-hetero) is 1. The van der Waals surface area contributed by atoms with E-state index in [1.807, 2.05) is 54.6 Å². The smallest absolute Gasteiger partial charge is 0.323 e. The highest BCUT2D eigenvalue weighted by Gasteiger charge is 2.38. The summed E-state index contributed by atoms with van der Waals surface area (Å²) in [5.74, 6) is -0.0627. The lowest BCUT2D eigenvalue weighted by Gasteiger charge is -2.37. The van der Waals surface area contributed by atoms with E-state index in [-0.39, 0.29) is 24.4 Å². The number of aromatic amines is 1. The van der Waals surface area contributed by atoms with E-state index >= 15 is 0 Å². The Hall–Kier alpha value is -3.70. The second kappa shape index (κ2) is 10.3. The normalized spacial score (nSPS) is 19.9. The number of carbonyl (C=O) groups is 2. The van der Waals surface area contributed by atoms with Crippen LogP contribution in [0, 0.1) is 5.92 Å². The van der Waals surface area contributed by atoms with Crippen molar-refractivity contribution < 1.29 is 14.3 Å². The number of rotatable bonds is 6. The number of fused-ring (bicyclic) bond motifs is 3. The topological polar surface area (TPSA) is 71.2 Å². The minimum absolute atomic E-state index is 0.0928. The van der Waals surface area contributed by atoms with Gasteiger partial charge in [-0.15, -0.1) is 0 Å². The van der Waals surface area contributed by atoms with Crippen molar-refractivity contribution >= 4 is 22.7 Å². The minimum atomic E-state index is -0.466. The van der Waals surface area contributed by atoms with Gasteiger partial charge in [0.05, 0.1) is 6.04 Å². The summed E-state index contributed by atoms with van der Waals surface area (Å²) in [6.45, 7) is -0.253. The van der Waals surface area contributed by atoms with Crippen LogP contribution in [0.25, 0.3) is 22.0 Å². The summed E-state index contributed by atoms with van der Waals surface area (Å²) in [6, 6.07) is 25.4. The van der Waals surface area contributed by atoms with Gasteiger partial charge in [-0.05, 0) is 41.5 Å². The zero-order valence-corrected chi connectivity index (χ0v) is 20.9. The number of para-hydroxylation sites is 1. The number of hydrogen-bond donors (Lipinski definition) is 2. The van der Waals surface area contributed by atoms with Crippen LogP contribution in [0.5, 0.6) is 0 Å². The Morgan fingerprint density at radius 3 is 2.30 bits per heavy atom. The van der Waals surface area contributed by atoms with Crippen molar-refractivity contribution in [2.45, 2.75) is 50.6 Å². The quantitative estimate of drug-likeness (QED) is 0.241. The van der Waals surface area contributed by atoms with Gasteiger partial charge in [0.15, 0.2) is 12.4 Å². The van der Waals surface area contributed by atoms with Crippen molar-refractivity contribution in [1.29, 1.82) is 0 Å². The SMILES string of the molecule is O=C(COC(=O)C1Cc2c([nH]c3ccccc23)C(C2CCCCC2)N1)c1ccc(-c2ccccc2)cc1. The molecule has 0 bridgehead atoms. The van der Waals surface area contributed by atoms with Crippen LogP contribution in [0.4, 0.5) is 0 Å². The first-order chi connectivity index (χ1) is 18.2. The second-order valence-electron chi connectivity index (χ2n) is 10.3. The highest BCUT2D eigenvalue weighted by molar-refractivity contribution is 5.98. The van der Waals surface area contributed by atoms with Crippen LogP contribution in [-0.4, -0.2) is 29.4 Å². The Bertz CT molecular complexity index is 1400. The fourth-order valence-corrected chi connectivity index (χ4v) is 6.06. The maximum Gasteiger partial charge on any atom is 0.323 e. The Morgan fingerprint density at radius 1 is 0.811 bits per heavy atom. The molecule has 2 heterocycles. The van der Waals surface area contributed by atoms with E-state index in [1.165, 1.54) is 35.9 Å². The molecule has 1 aromatic heterocycles. The molecule has 1 aliphatic heterocycles. The fraction of sp³-hybridized carbons (Fsp3) is 0.312. The summed E-state index contributed by atoms with van der Waals surface area (Å²) >= 11 is 0. The Kier molecular flexibility index (Phi) is 6.62. The maximum atomic E-state index is 13.2. The van der Waals surface area contributed by atoms with Crippen molar-refractivity contribution in [2.75, 3.05) is 6.61 Å². The second-order valence-corrected chi connectivity index (χ2v) is 10.3. The van der Waals surface area contributed by atoms with Gasteiger partial charge in [-0.3, -0.25) is 14.9 Å². The zero-order chi connectivity index (χ0) is 25.2. The summed E-state index contributed by atoms with van der Waals surface area (Å²) in [5, 5.41) is 4.79. The number of carbonyl (C=O) groups excluding carboxylic acids is 2. The molecule has 2 atom stereocenters. The van der Waals surface area contributed by atoms with Gasteiger partial charge >= 0.3 is 5.97 Å². The highest BCUT2D eigenvalue weighted by atomic mass is 16.5. The standard InChI is InChI=1S/C32H32N2O3/c35-29(23-17-15-22(16-18-23)21-9-3-1-4-10-21)20-37-32(36)28-19-26-25-13-7-8-14-27(25)33-31(26)30(34-28)24-11-5-2-6-12-24/h1,3-4,7-10,13-18,24,28,30,33-34H,2,5-6,11-12,19-20H2. The molecule has 6 rings (SSSR count). The maximum absolute atomic E-state index is 13.2. The van der Waals surface area contributed by atoms with Crippen molar-refractivity contribution in [3.05, 3.63) is 95.7 Å². The molecule has 0 saturated heterocycles. The summed E-state index contributed by atoms with van der Waals surface area (Å²) in [4.78, 5) is 29.7. The van der Waals surface area contributed by atoms with E-state index in [0.717, 1.165) is 29.5 Å². The van der Waals surface area contributed by atoms with E-state index in [9.17, 15) is 9.59 Å². The zero-order valence-electron chi connectivity index (χ0n) is 20.9. The van der Waals surface area contributed by atoms with Crippen molar-refractivity contribution in [3.63, 3.8) is 0 Å². The molecule has 5 heteroatoms. The van der Waals surface area contributed by atoms with Crippen LogP contribution < -0.4 is 5.32 Å². The van der Waals surface area contributed by atoms with Gasteiger partial charge in [-0.25, -0.2) is 0 Å². The molecule has 2 aliphatic rings. The van der Waals surface area contributed by atoms with E-state index in [0.29, 0.717) is 17.9 Å². The molecule has 1 aliphatic carbocycles. The monoisotopic (exact) mass is 492 g/mol. The number of aromatic nitrogens is 1. The molecule has 1 fully saturated rings. The van der Waals surface area contributed by atoms with Crippen LogP contribution in [0.3, 0.4) is 0 Å². The van der Waals surface area contributed by atoms with E-state index < -0.39 is 6.04 Å². The predicted octanol–water partition coefficient (Wildman–Crippen LogP) is 6.40. The molecule has 4 aromatic rings. The number of esters is 1. The first-order valence-corrected chi connectivity index (χ1v) is 13.4. The summed E-state index contributed by atoms with van der Waals surface area (Å²) in [6.07, 6.45) is 6.61. The number of benzene rings is 3. The molecule has 0 radical (unpaired) electrons. The van der Waals surface area contributed by atoms with E-state index in [2.05, 4.69) is 22.4 Å². The molecule has 1 saturated carbocycles. The summed E-state index contributed by atoms with van der Waals surface area (Å²) in [5.41, 5.74) is 6.21. The predicted molar refractivity (Wildman–Crippen MR) is 145 cm³/mol. The van der Waals surface area contributed by atoms with Crippen molar-refractivity contribution in [2.24, 2.45) is 5.92 Å². The number of nitrogens with one attached hydrogen (secondary N) is 2. The van der Waals surface area contributed by atoms with Crippen LogP contribution in [0.2, 0.25) is 0 Å². The molecule has 0 spiro atoms. The van der Waals surface area contributed by atoms with Crippen molar-refractivity contribution in [1.82, 2.24) is 10.3 Å². The van der Waals surface area contributed by atoms with Gasteiger partial charge in [-0.1, -0.05) is 92.1 Å². The molecule has 37 heavy (non-hydrogen) atoms. The highest BCUT2D eigenvalue weighted by Crippen LogP contribution is 2.40. The van der Waals surface area contributed by atoms with Gasteiger partial charge in [0.1, 0.15) is 6.04 Å². The fourth-order valence-electron chi connectivity index (χ4n) is 6.06. The lowest BCUT2D eigenvalue weighted by Crippen LogP contribution is -2.48. The van der Waals surface area contributed by atoms with Gasteiger partial charge < -0.3 is 9.72 Å². The molecule has 2 N–H and O–H groups in total. The van der Waals surface area contributed by atoms with Crippen LogP contribution in [-0.2, 0) is 16.0 Å². The number of ether oxygens (including phenoxy) is 1. The van der Waals surface area contributed by atoms with E-state index in [1.54, 1.807) is 12.1 Å². The summed E-state index contributed by atoms with van der Waals surface area (Å²) < 4.78 is 5.59. The number of hydrogen-bond acceptors (Lipinski definition) is 4. The largest absolute Gasteiger partial charge is 0.456 e. The first-order valence-electron chi connectivity index (χ1n) is 13.4. The lowest BCUT2D eigenvalue weighted by molar-refractivity contribution is -0.145. The van der Waals surface area contributed by atoms with Gasteiger partial charge in [0.2, 0.25) is 0 Å².